The van der Waals surface area contributed by atoms with Crippen molar-refractivity contribution in [2.24, 2.45) is 0 Å². The summed E-state index contributed by atoms with van der Waals surface area (Å²) in [6.45, 7) is 2.89. The molecule has 0 unspecified atom stereocenters. The maximum atomic E-state index is 13.3. The fourth-order valence-electron chi connectivity index (χ4n) is 4.82. The van der Waals surface area contributed by atoms with Gasteiger partial charge in [0.1, 0.15) is 0 Å². The van der Waals surface area contributed by atoms with Crippen molar-refractivity contribution in [2.75, 3.05) is 26.3 Å². The van der Waals surface area contributed by atoms with Gasteiger partial charge in [-0.05, 0) is 22.8 Å². The smallest absolute Gasteiger partial charge is 0.270 e. The molecule has 1 aliphatic rings. The van der Waals surface area contributed by atoms with Crippen LogP contribution in [0.15, 0.2) is 85.1 Å². The molecule has 2 heterocycles. The van der Waals surface area contributed by atoms with Crippen molar-refractivity contribution in [1.82, 2.24) is 9.47 Å². The number of amides is 1. The molecule has 1 aliphatic heterocycles. The Morgan fingerprint density at radius 3 is 2.34 bits per heavy atom. The van der Waals surface area contributed by atoms with Gasteiger partial charge in [0.15, 0.2) is 0 Å². The zero-order valence-electron chi connectivity index (χ0n) is 19.4. The van der Waals surface area contributed by atoms with E-state index in [1.165, 1.54) is 0 Å². The van der Waals surface area contributed by atoms with Gasteiger partial charge in [0, 0.05) is 61.2 Å². The van der Waals surface area contributed by atoms with Gasteiger partial charge in [0.05, 0.1) is 18.1 Å². The molecule has 0 N–H and O–H groups in total. The van der Waals surface area contributed by atoms with Gasteiger partial charge in [-0.25, -0.2) is 0 Å². The first kappa shape index (κ1) is 22.8. The normalized spacial score (nSPS) is 14.7. The monoisotopic (exact) mass is 469 g/mol. The van der Waals surface area contributed by atoms with Crippen LogP contribution < -0.4 is 0 Å². The number of non-ortho nitro benzene ring substituents is 1. The number of carbonyl (C=O) groups is 1. The molecule has 0 radical (unpaired) electrons. The summed E-state index contributed by atoms with van der Waals surface area (Å²) in [5, 5.41) is 12.4. The number of carbonyl (C=O) groups excluding carboxylic acids is 1. The lowest BCUT2D eigenvalue weighted by molar-refractivity contribution is -0.384. The van der Waals surface area contributed by atoms with E-state index >= 15 is 0 Å². The Balaban J connectivity index is 1.61. The van der Waals surface area contributed by atoms with E-state index in [4.69, 9.17) is 4.74 Å². The van der Waals surface area contributed by atoms with Crippen LogP contribution in [0.25, 0.3) is 10.9 Å². The Labute approximate surface area is 203 Å². The van der Waals surface area contributed by atoms with Gasteiger partial charge in [0.25, 0.3) is 5.69 Å². The van der Waals surface area contributed by atoms with Gasteiger partial charge >= 0.3 is 0 Å². The van der Waals surface area contributed by atoms with Crippen LogP contribution in [0, 0.1) is 10.1 Å². The summed E-state index contributed by atoms with van der Waals surface area (Å²) in [5.41, 5.74) is 4.03. The minimum absolute atomic E-state index is 0.0440. The highest BCUT2D eigenvalue weighted by atomic mass is 16.6. The molecular formula is C28H27N3O4. The largest absolute Gasteiger partial charge is 0.378 e. The molecular weight excluding hydrogens is 442 g/mol. The average molecular weight is 470 g/mol. The fraction of sp³-hybridized carbons (Fsp3) is 0.250. The summed E-state index contributed by atoms with van der Waals surface area (Å²) in [5.74, 6) is -0.162. The molecule has 7 nitrogen and oxygen atoms in total. The fourth-order valence-corrected chi connectivity index (χ4v) is 4.82. The Hall–Kier alpha value is -3.97. The number of hydrogen-bond acceptors (Lipinski definition) is 4. The number of aromatic nitrogens is 1. The predicted molar refractivity (Wildman–Crippen MR) is 134 cm³/mol. The lowest BCUT2D eigenvalue weighted by Crippen LogP contribution is -2.41. The van der Waals surface area contributed by atoms with Gasteiger partial charge in [-0.15, -0.1) is 0 Å². The van der Waals surface area contributed by atoms with Crippen LogP contribution in [0.3, 0.4) is 0 Å². The molecule has 3 aromatic carbocycles. The molecule has 1 amide bonds. The number of ether oxygens (including phenoxy) is 1. The number of rotatable bonds is 7. The molecule has 0 aliphatic carbocycles. The third kappa shape index (κ3) is 4.95. The summed E-state index contributed by atoms with van der Waals surface area (Å²) in [6, 6.07) is 25.0. The van der Waals surface area contributed by atoms with Gasteiger partial charge in [-0.3, -0.25) is 14.9 Å². The third-order valence-corrected chi connectivity index (χ3v) is 6.62. The maximum Gasteiger partial charge on any atom is 0.270 e. The molecule has 1 aromatic heterocycles. The van der Waals surface area contributed by atoms with Crippen LogP contribution in [0.2, 0.25) is 0 Å². The van der Waals surface area contributed by atoms with Crippen molar-refractivity contribution in [3.8, 4) is 0 Å². The maximum absolute atomic E-state index is 13.3. The summed E-state index contributed by atoms with van der Waals surface area (Å²) in [4.78, 5) is 26.4. The van der Waals surface area contributed by atoms with Crippen LogP contribution in [-0.2, 0) is 16.1 Å². The van der Waals surface area contributed by atoms with E-state index in [-0.39, 0.29) is 28.9 Å². The lowest BCUT2D eigenvalue weighted by Gasteiger charge is -2.28. The Morgan fingerprint density at radius 2 is 1.66 bits per heavy atom. The highest BCUT2D eigenvalue weighted by Crippen LogP contribution is 2.37. The van der Waals surface area contributed by atoms with E-state index in [9.17, 15) is 14.9 Å². The minimum atomic E-state index is -0.367. The Bertz CT molecular complexity index is 1330. The lowest BCUT2D eigenvalue weighted by atomic mass is 9.87. The molecule has 0 spiro atoms. The van der Waals surface area contributed by atoms with Crippen molar-refractivity contribution >= 4 is 22.5 Å². The molecule has 0 saturated carbocycles. The van der Waals surface area contributed by atoms with Gasteiger partial charge in [-0.2, -0.15) is 0 Å². The van der Waals surface area contributed by atoms with E-state index in [0.717, 1.165) is 27.6 Å². The molecule has 1 saturated heterocycles. The van der Waals surface area contributed by atoms with Crippen LogP contribution >= 0.6 is 0 Å². The molecule has 1 atom stereocenters. The first-order chi connectivity index (χ1) is 17.1. The summed E-state index contributed by atoms with van der Waals surface area (Å²) >= 11 is 0. The van der Waals surface area contributed by atoms with Crippen LogP contribution in [0.5, 0.6) is 0 Å². The number of benzene rings is 3. The number of nitrogens with zero attached hydrogens (tertiary/aromatic N) is 3. The topological polar surface area (TPSA) is 77.6 Å². The molecule has 5 rings (SSSR count). The highest BCUT2D eigenvalue weighted by Gasteiger charge is 2.27. The van der Waals surface area contributed by atoms with Crippen LogP contribution in [0.1, 0.15) is 29.0 Å². The standard InChI is InChI=1S/C28H27N3O4/c32-28(29-13-15-35-16-14-29)18-24(22-9-5-2-6-10-22)26-20-30(19-21-7-3-1-4-8-21)27-12-11-23(31(33)34)17-25(26)27/h1-12,17,20,24H,13-16,18-19H2/t24-/m0/s1. The summed E-state index contributed by atoms with van der Waals surface area (Å²) in [6.07, 6.45) is 2.35. The molecule has 1 fully saturated rings. The second-order valence-corrected chi connectivity index (χ2v) is 8.82. The number of nitro groups is 1. The van der Waals surface area contributed by atoms with Crippen molar-refractivity contribution in [1.29, 1.82) is 0 Å². The van der Waals surface area contributed by atoms with Crippen LogP contribution in [-0.4, -0.2) is 46.6 Å². The van der Waals surface area contributed by atoms with Crippen molar-refractivity contribution in [2.45, 2.75) is 18.9 Å². The van der Waals surface area contributed by atoms with Crippen molar-refractivity contribution in [3.63, 3.8) is 0 Å². The highest BCUT2D eigenvalue weighted by molar-refractivity contribution is 5.88. The number of nitro benzene ring substituents is 1. The van der Waals surface area contributed by atoms with Gasteiger partial charge in [-0.1, -0.05) is 60.7 Å². The van der Waals surface area contributed by atoms with E-state index in [1.54, 1.807) is 12.1 Å². The number of hydrogen-bond donors (Lipinski definition) is 0. The predicted octanol–water partition coefficient (Wildman–Crippen LogP) is 4.98. The summed E-state index contributed by atoms with van der Waals surface area (Å²) in [7, 11) is 0. The second kappa shape index (κ2) is 10.1. The molecule has 0 bridgehead atoms. The van der Waals surface area contributed by atoms with Crippen molar-refractivity contribution < 1.29 is 14.5 Å². The minimum Gasteiger partial charge on any atom is -0.378 e. The quantitative estimate of drug-likeness (QED) is 0.283. The molecule has 4 aromatic rings. The number of fused-ring (bicyclic) bond motifs is 1. The first-order valence-corrected chi connectivity index (χ1v) is 11.8. The Morgan fingerprint density at radius 1 is 0.971 bits per heavy atom. The molecule has 178 valence electrons. The summed E-state index contributed by atoms with van der Waals surface area (Å²) < 4.78 is 7.54. The van der Waals surface area contributed by atoms with Gasteiger partial charge in [0.2, 0.25) is 5.91 Å². The Kier molecular flexibility index (Phi) is 6.59. The van der Waals surface area contributed by atoms with Crippen LogP contribution in [0.4, 0.5) is 5.69 Å². The van der Waals surface area contributed by atoms with Gasteiger partial charge < -0.3 is 14.2 Å². The van der Waals surface area contributed by atoms with E-state index in [0.29, 0.717) is 32.8 Å². The zero-order valence-corrected chi connectivity index (χ0v) is 19.4. The zero-order chi connectivity index (χ0) is 24.2. The SMILES string of the molecule is O=C(C[C@@H](c1ccccc1)c1cn(Cc2ccccc2)c2ccc([N+](=O)[O-])cc12)N1CCOCC1. The van der Waals surface area contributed by atoms with Crippen molar-refractivity contribution in [3.05, 3.63) is 112 Å². The molecule has 7 heteroatoms. The average Bonchev–Trinajstić information content (AvgIpc) is 3.26. The van der Waals surface area contributed by atoms with E-state index in [2.05, 4.69) is 22.9 Å². The van der Waals surface area contributed by atoms with E-state index < -0.39 is 0 Å². The second-order valence-electron chi connectivity index (χ2n) is 8.82. The first-order valence-electron chi connectivity index (χ1n) is 11.8. The van der Waals surface area contributed by atoms with E-state index in [1.807, 2.05) is 59.5 Å². The molecule has 35 heavy (non-hydrogen) atoms. The third-order valence-electron chi connectivity index (χ3n) is 6.62. The number of morpholine rings is 1.